The lowest BCUT2D eigenvalue weighted by Gasteiger charge is -2.19. The fraction of sp³-hybridized carbons (Fsp3) is 0.318. The van der Waals surface area contributed by atoms with Crippen LogP contribution in [0.3, 0.4) is 0 Å². The molecule has 0 aliphatic carbocycles. The maximum absolute atomic E-state index is 13.0. The molecule has 3 aromatic rings. The zero-order chi connectivity index (χ0) is 20.6. The molecule has 0 aliphatic rings. The highest BCUT2D eigenvalue weighted by Crippen LogP contribution is 2.23. The number of hydrogen-bond donors (Lipinski definition) is 2. The zero-order valence-corrected chi connectivity index (χ0v) is 17.2. The number of nitrogens with zero attached hydrogens (tertiary/aromatic N) is 2. The van der Waals surface area contributed by atoms with Crippen molar-refractivity contribution in [3.63, 3.8) is 0 Å². The molecule has 6 heteroatoms. The molecule has 0 bridgehead atoms. The smallest absolute Gasteiger partial charge is 0.288 e. The zero-order valence-electron chi connectivity index (χ0n) is 17.2. The minimum atomic E-state index is -0.407. The Labute approximate surface area is 165 Å². The Kier molecular flexibility index (Phi) is 4.98. The summed E-state index contributed by atoms with van der Waals surface area (Å²) in [6.07, 6.45) is 1.74. The Hall–Kier alpha value is -3.15. The molecule has 0 fully saturated rings. The molecule has 0 radical (unpaired) electrons. The van der Waals surface area contributed by atoms with Crippen molar-refractivity contribution < 1.29 is 9.59 Å². The van der Waals surface area contributed by atoms with Crippen molar-refractivity contribution in [1.29, 1.82) is 0 Å². The van der Waals surface area contributed by atoms with Gasteiger partial charge in [0.05, 0.1) is 5.52 Å². The Morgan fingerprint density at radius 2 is 1.64 bits per heavy atom. The third kappa shape index (κ3) is 3.91. The van der Waals surface area contributed by atoms with Gasteiger partial charge >= 0.3 is 0 Å². The van der Waals surface area contributed by atoms with Crippen LogP contribution in [0.15, 0.2) is 36.5 Å². The van der Waals surface area contributed by atoms with Crippen LogP contribution in [-0.4, -0.2) is 26.7 Å². The van der Waals surface area contributed by atoms with Crippen molar-refractivity contribution in [1.82, 2.24) is 14.7 Å². The summed E-state index contributed by atoms with van der Waals surface area (Å²) in [5.41, 5.74) is 4.28. The van der Waals surface area contributed by atoms with Crippen LogP contribution < -0.4 is 10.6 Å². The van der Waals surface area contributed by atoms with Crippen LogP contribution in [0.25, 0.3) is 5.52 Å². The van der Waals surface area contributed by atoms with E-state index in [0.29, 0.717) is 5.52 Å². The first-order valence-electron chi connectivity index (χ1n) is 9.25. The number of aryl methyl sites for hydroxylation is 3. The number of hydrogen-bond acceptors (Lipinski definition) is 3. The summed E-state index contributed by atoms with van der Waals surface area (Å²) in [4.78, 5) is 30.1. The molecule has 0 saturated carbocycles. The van der Waals surface area contributed by atoms with Gasteiger partial charge < -0.3 is 10.6 Å². The molecule has 6 nitrogen and oxygen atoms in total. The lowest BCUT2D eigenvalue weighted by Crippen LogP contribution is -2.41. The number of benzene rings is 1. The van der Waals surface area contributed by atoms with Crippen LogP contribution in [-0.2, 0) is 0 Å². The third-order valence-corrected chi connectivity index (χ3v) is 4.37. The first kappa shape index (κ1) is 19.6. The minimum absolute atomic E-state index is 0.188. The second kappa shape index (κ2) is 7.11. The van der Waals surface area contributed by atoms with Crippen molar-refractivity contribution in [2.24, 2.45) is 0 Å². The molecule has 1 aromatic carbocycles. The van der Waals surface area contributed by atoms with Crippen LogP contribution in [0.2, 0.25) is 0 Å². The largest absolute Gasteiger partial charge is 0.345 e. The Morgan fingerprint density at radius 3 is 2.25 bits per heavy atom. The topological polar surface area (TPSA) is 75.5 Å². The summed E-state index contributed by atoms with van der Waals surface area (Å²) in [5, 5.41) is 5.87. The van der Waals surface area contributed by atoms with E-state index in [9.17, 15) is 9.59 Å². The SMILES string of the molecule is Cc1cc(C)c(NC(=O)c2nc(C(=O)NC(C)(C)C)n3ccccc23)c(C)c1. The number of fused-ring (bicyclic) bond motifs is 1. The van der Waals surface area contributed by atoms with Crippen molar-refractivity contribution in [3.8, 4) is 0 Å². The molecule has 3 rings (SSSR count). The van der Waals surface area contributed by atoms with Crippen LogP contribution in [0.1, 0.15) is 58.6 Å². The fourth-order valence-corrected chi connectivity index (χ4v) is 3.31. The van der Waals surface area contributed by atoms with E-state index in [-0.39, 0.29) is 23.3 Å². The Morgan fingerprint density at radius 1 is 1.00 bits per heavy atom. The average molecular weight is 378 g/mol. The summed E-state index contributed by atoms with van der Waals surface area (Å²) in [5.74, 6) is -0.475. The van der Waals surface area contributed by atoms with E-state index in [0.717, 1.165) is 22.4 Å². The first-order valence-corrected chi connectivity index (χ1v) is 9.25. The summed E-state index contributed by atoms with van der Waals surface area (Å²) >= 11 is 0. The molecule has 2 N–H and O–H groups in total. The second-order valence-electron chi connectivity index (χ2n) is 8.17. The maximum Gasteiger partial charge on any atom is 0.288 e. The van der Waals surface area contributed by atoms with Crippen LogP contribution in [0, 0.1) is 20.8 Å². The van der Waals surface area contributed by atoms with Gasteiger partial charge in [-0.2, -0.15) is 0 Å². The molecule has 2 amide bonds. The lowest BCUT2D eigenvalue weighted by atomic mass is 10.0. The number of carbonyl (C=O) groups is 2. The highest BCUT2D eigenvalue weighted by molar-refractivity contribution is 6.09. The van der Waals surface area contributed by atoms with Gasteiger partial charge in [0.15, 0.2) is 5.69 Å². The summed E-state index contributed by atoms with van der Waals surface area (Å²) in [6, 6.07) is 9.46. The Bertz CT molecular complexity index is 1050. The Balaban J connectivity index is 2.02. The average Bonchev–Trinajstić information content (AvgIpc) is 2.96. The molecular formula is C22H26N4O2. The van der Waals surface area contributed by atoms with Crippen molar-refractivity contribution in [3.05, 3.63) is 64.7 Å². The van der Waals surface area contributed by atoms with E-state index in [1.807, 2.05) is 59.7 Å². The van der Waals surface area contributed by atoms with Gasteiger partial charge in [-0.3, -0.25) is 14.0 Å². The van der Waals surface area contributed by atoms with Gasteiger partial charge in [0.2, 0.25) is 5.82 Å². The molecule has 0 unspecified atom stereocenters. The molecule has 0 spiro atoms. The van der Waals surface area contributed by atoms with E-state index in [4.69, 9.17) is 0 Å². The van der Waals surface area contributed by atoms with Crippen LogP contribution in [0.5, 0.6) is 0 Å². The van der Waals surface area contributed by atoms with Gasteiger partial charge in [-0.15, -0.1) is 0 Å². The first-order chi connectivity index (χ1) is 13.1. The van der Waals surface area contributed by atoms with E-state index in [2.05, 4.69) is 15.6 Å². The highest BCUT2D eigenvalue weighted by Gasteiger charge is 2.24. The minimum Gasteiger partial charge on any atom is -0.345 e. The van der Waals surface area contributed by atoms with E-state index >= 15 is 0 Å². The lowest BCUT2D eigenvalue weighted by molar-refractivity contribution is 0.0908. The monoisotopic (exact) mass is 378 g/mol. The van der Waals surface area contributed by atoms with Gasteiger partial charge in [0.1, 0.15) is 0 Å². The van der Waals surface area contributed by atoms with Crippen LogP contribution >= 0.6 is 0 Å². The van der Waals surface area contributed by atoms with E-state index < -0.39 is 5.54 Å². The fourth-order valence-electron chi connectivity index (χ4n) is 3.31. The number of nitrogens with one attached hydrogen (secondary N) is 2. The highest BCUT2D eigenvalue weighted by atomic mass is 16.2. The van der Waals surface area contributed by atoms with Crippen LogP contribution in [0.4, 0.5) is 5.69 Å². The second-order valence-corrected chi connectivity index (χ2v) is 8.17. The summed E-state index contributed by atoms with van der Waals surface area (Å²) < 4.78 is 1.64. The number of anilines is 1. The third-order valence-electron chi connectivity index (χ3n) is 4.37. The van der Waals surface area contributed by atoms with Crippen molar-refractivity contribution in [2.45, 2.75) is 47.1 Å². The summed E-state index contributed by atoms with van der Waals surface area (Å²) in [6.45, 7) is 11.6. The molecular weight excluding hydrogens is 352 g/mol. The number of pyridine rings is 1. The maximum atomic E-state index is 13.0. The number of imidazole rings is 1. The molecule has 0 saturated heterocycles. The number of rotatable bonds is 3. The van der Waals surface area contributed by atoms with Gasteiger partial charge in [0, 0.05) is 17.4 Å². The van der Waals surface area contributed by atoms with Gasteiger partial charge in [-0.25, -0.2) is 4.98 Å². The normalized spacial score (nSPS) is 11.5. The number of aromatic nitrogens is 2. The molecule has 146 valence electrons. The van der Waals surface area contributed by atoms with Crippen molar-refractivity contribution >= 4 is 23.0 Å². The number of carbonyl (C=O) groups excluding carboxylic acids is 2. The van der Waals surface area contributed by atoms with Crippen molar-refractivity contribution in [2.75, 3.05) is 5.32 Å². The molecule has 0 aliphatic heterocycles. The standard InChI is InChI=1S/C22H26N4O2/c1-13-11-14(2)17(15(3)12-13)24-20(27)18-16-9-7-8-10-26(16)19(23-18)21(28)25-22(4,5)6/h7-12H,1-6H3,(H,24,27)(H,25,28). The molecule has 2 heterocycles. The van der Waals surface area contributed by atoms with Gasteiger partial charge in [-0.1, -0.05) is 23.8 Å². The van der Waals surface area contributed by atoms with E-state index in [1.165, 1.54) is 0 Å². The molecule has 2 aromatic heterocycles. The predicted molar refractivity (Wildman–Crippen MR) is 111 cm³/mol. The predicted octanol–water partition coefficient (Wildman–Crippen LogP) is 4.04. The van der Waals surface area contributed by atoms with E-state index in [1.54, 1.807) is 22.7 Å². The molecule has 0 atom stereocenters. The quantitative estimate of drug-likeness (QED) is 0.722. The summed E-state index contributed by atoms with van der Waals surface area (Å²) in [7, 11) is 0. The molecule has 28 heavy (non-hydrogen) atoms. The number of amides is 2. The van der Waals surface area contributed by atoms with Gasteiger partial charge in [-0.05, 0) is 64.8 Å². The van der Waals surface area contributed by atoms with Gasteiger partial charge in [0.25, 0.3) is 11.8 Å².